The number of anilines is 3. The van der Waals surface area contributed by atoms with E-state index in [0.29, 0.717) is 11.4 Å². The Morgan fingerprint density at radius 2 is 1.76 bits per heavy atom. The van der Waals surface area contributed by atoms with Gasteiger partial charge in [0.1, 0.15) is 5.75 Å². The van der Waals surface area contributed by atoms with Gasteiger partial charge in [-0.3, -0.25) is 4.98 Å². The average Bonchev–Trinajstić information content (AvgIpc) is 2.50. The first-order valence-corrected chi connectivity index (χ1v) is 6.75. The standard InChI is InChI=1S/C17H17N3O/c1-11-9-10-12-5-3-7-14(17(12)19-11)20-13-6-4-8-15(21-2)16(13)18/h3-10,20H,18H2,1-2H3. The van der Waals surface area contributed by atoms with E-state index in [-0.39, 0.29) is 0 Å². The summed E-state index contributed by atoms with van der Waals surface area (Å²) in [6.45, 7) is 1.98. The summed E-state index contributed by atoms with van der Waals surface area (Å²) in [7, 11) is 1.61. The highest BCUT2D eigenvalue weighted by Gasteiger charge is 2.08. The van der Waals surface area contributed by atoms with Crippen LogP contribution < -0.4 is 15.8 Å². The lowest BCUT2D eigenvalue weighted by molar-refractivity contribution is 0.417. The Bertz CT molecular complexity index is 799. The number of methoxy groups -OCH3 is 1. The third-order valence-electron chi connectivity index (χ3n) is 3.41. The number of nitrogens with zero attached hydrogens (tertiary/aromatic N) is 1. The lowest BCUT2D eigenvalue weighted by Gasteiger charge is -2.13. The maximum atomic E-state index is 6.11. The summed E-state index contributed by atoms with van der Waals surface area (Å²) in [5, 5.41) is 4.44. The molecule has 0 saturated heterocycles. The van der Waals surface area contributed by atoms with Crippen LogP contribution in [0, 0.1) is 6.92 Å². The quantitative estimate of drug-likeness (QED) is 0.714. The number of fused-ring (bicyclic) bond motifs is 1. The van der Waals surface area contributed by atoms with Crippen LogP contribution in [-0.2, 0) is 0 Å². The van der Waals surface area contributed by atoms with Gasteiger partial charge in [-0.1, -0.05) is 24.3 Å². The molecule has 2 aromatic carbocycles. The van der Waals surface area contributed by atoms with Gasteiger partial charge in [0.2, 0.25) is 0 Å². The van der Waals surface area contributed by atoms with Crippen LogP contribution in [0.1, 0.15) is 5.69 Å². The molecule has 3 rings (SSSR count). The fourth-order valence-electron chi connectivity index (χ4n) is 2.32. The van der Waals surface area contributed by atoms with Crippen molar-refractivity contribution >= 4 is 28.0 Å². The predicted molar refractivity (Wildman–Crippen MR) is 87.2 cm³/mol. The first kappa shape index (κ1) is 13.2. The summed E-state index contributed by atoms with van der Waals surface area (Å²) < 4.78 is 5.25. The van der Waals surface area contributed by atoms with Gasteiger partial charge in [0, 0.05) is 11.1 Å². The van der Waals surface area contributed by atoms with Crippen LogP contribution in [0.15, 0.2) is 48.5 Å². The molecular weight excluding hydrogens is 262 g/mol. The maximum Gasteiger partial charge on any atom is 0.143 e. The van der Waals surface area contributed by atoms with Crippen LogP contribution in [0.25, 0.3) is 10.9 Å². The van der Waals surface area contributed by atoms with Crippen molar-refractivity contribution in [3.63, 3.8) is 0 Å². The minimum Gasteiger partial charge on any atom is -0.495 e. The normalized spacial score (nSPS) is 10.6. The van der Waals surface area contributed by atoms with Crippen LogP contribution in [0.4, 0.5) is 17.1 Å². The van der Waals surface area contributed by atoms with E-state index < -0.39 is 0 Å². The lowest BCUT2D eigenvalue weighted by atomic mass is 10.1. The molecule has 0 atom stereocenters. The van der Waals surface area contributed by atoms with Crippen LogP contribution in [0.5, 0.6) is 5.75 Å². The second kappa shape index (κ2) is 5.32. The third-order valence-corrected chi connectivity index (χ3v) is 3.41. The smallest absolute Gasteiger partial charge is 0.143 e. The van der Waals surface area contributed by atoms with Gasteiger partial charge in [-0.05, 0) is 31.2 Å². The number of pyridine rings is 1. The topological polar surface area (TPSA) is 60.2 Å². The second-order valence-corrected chi connectivity index (χ2v) is 4.88. The van der Waals surface area contributed by atoms with Crippen molar-refractivity contribution < 1.29 is 4.74 Å². The van der Waals surface area contributed by atoms with E-state index in [1.807, 2.05) is 49.4 Å². The van der Waals surface area contributed by atoms with E-state index in [1.54, 1.807) is 7.11 Å². The fraction of sp³-hybridized carbons (Fsp3) is 0.118. The summed E-state index contributed by atoms with van der Waals surface area (Å²) in [6.07, 6.45) is 0. The molecule has 3 aromatic rings. The highest BCUT2D eigenvalue weighted by Crippen LogP contribution is 2.33. The number of ether oxygens (including phenoxy) is 1. The Morgan fingerprint density at radius 3 is 2.57 bits per heavy atom. The molecule has 0 aliphatic carbocycles. The molecule has 4 nitrogen and oxygen atoms in total. The Balaban J connectivity index is 2.08. The molecule has 0 fully saturated rings. The number of hydrogen-bond donors (Lipinski definition) is 2. The van der Waals surface area contributed by atoms with E-state index in [2.05, 4.69) is 16.4 Å². The number of para-hydroxylation sites is 2. The number of nitrogens with two attached hydrogens (primary N) is 1. The highest BCUT2D eigenvalue weighted by atomic mass is 16.5. The van der Waals surface area contributed by atoms with Gasteiger partial charge in [-0.15, -0.1) is 0 Å². The van der Waals surface area contributed by atoms with Crippen molar-refractivity contribution in [2.45, 2.75) is 6.92 Å². The molecule has 0 amide bonds. The summed E-state index contributed by atoms with van der Waals surface area (Å²) in [5.41, 5.74) is 10.3. The lowest BCUT2D eigenvalue weighted by Crippen LogP contribution is -2.00. The zero-order valence-corrected chi connectivity index (χ0v) is 12.1. The molecule has 0 saturated carbocycles. The molecule has 0 unspecified atom stereocenters. The molecule has 0 aliphatic rings. The molecular formula is C17H17N3O. The third kappa shape index (κ3) is 2.48. The molecule has 4 heteroatoms. The largest absolute Gasteiger partial charge is 0.495 e. The van der Waals surface area contributed by atoms with Crippen LogP contribution in [0.2, 0.25) is 0 Å². The van der Waals surface area contributed by atoms with E-state index in [4.69, 9.17) is 10.5 Å². The molecule has 21 heavy (non-hydrogen) atoms. The molecule has 3 N–H and O–H groups in total. The Labute approximate surface area is 123 Å². The van der Waals surface area contributed by atoms with Crippen LogP contribution in [0.3, 0.4) is 0 Å². The van der Waals surface area contributed by atoms with Gasteiger partial charge < -0.3 is 15.8 Å². The minimum atomic E-state index is 0.588. The van der Waals surface area contributed by atoms with Gasteiger partial charge in [-0.25, -0.2) is 0 Å². The molecule has 0 spiro atoms. The molecule has 0 radical (unpaired) electrons. The minimum absolute atomic E-state index is 0.588. The highest BCUT2D eigenvalue weighted by molar-refractivity contribution is 5.93. The number of hydrogen-bond acceptors (Lipinski definition) is 4. The zero-order chi connectivity index (χ0) is 14.8. The SMILES string of the molecule is COc1cccc(Nc2cccc3ccc(C)nc23)c1N. The summed E-state index contributed by atoms with van der Waals surface area (Å²) in [4.78, 5) is 4.61. The van der Waals surface area contributed by atoms with Gasteiger partial charge in [0.05, 0.1) is 29.7 Å². The second-order valence-electron chi connectivity index (χ2n) is 4.88. The Morgan fingerprint density at radius 1 is 1.00 bits per heavy atom. The molecule has 0 bridgehead atoms. The molecule has 106 valence electrons. The van der Waals surface area contributed by atoms with E-state index in [9.17, 15) is 0 Å². The number of benzene rings is 2. The van der Waals surface area contributed by atoms with Crippen LogP contribution in [-0.4, -0.2) is 12.1 Å². The van der Waals surface area contributed by atoms with Gasteiger partial charge in [0.25, 0.3) is 0 Å². The van der Waals surface area contributed by atoms with Gasteiger partial charge in [-0.2, -0.15) is 0 Å². The predicted octanol–water partition coefficient (Wildman–Crippen LogP) is 3.88. The van der Waals surface area contributed by atoms with Crippen molar-refractivity contribution in [1.29, 1.82) is 0 Å². The van der Waals surface area contributed by atoms with Crippen molar-refractivity contribution in [3.8, 4) is 5.75 Å². The number of nitrogen functional groups attached to an aromatic ring is 1. The molecule has 1 aromatic heterocycles. The van der Waals surface area contributed by atoms with Gasteiger partial charge >= 0.3 is 0 Å². The number of aryl methyl sites for hydroxylation is 1. The summed E-state index contributed by atoms with van der Waals surface area (Å²) >= 11 is 0. The number of aromatic nitrogens is 1. The summed E-state index contributed by atoms with van der Waals surface area (Å²) in [5.74, 6) is 0.657. The average molecular weight is 279 g/mol. The summed E-state index contributed by atoms with van der Waals surface area (Å²) in [6, 6.07) is 15.8. The zero-order valence-electron chi connectivity index (χ0n) is 12.1. The van der Waals surface area contributed by atoms with Crippen molar-refractivity contribution in [2.75, 3.05) is 18.2 Å². The number of rotatable bonds is 3. The fourth-order valence-corrected chi connectivity index (χ4v) is 2.32. The van der Waals surface area contributed by atoms with Gasteiger partial charge in [0.15, 0.2) is 0 Å². The van der Waals surface area contributed by atoms with Crippen molar-refractivity contribution in [3.05, 3.63) is 54.2 Å². The van der Waals surface area contributed by atoms with Crippen LogP contribution >= 0.6 is 0 Å². The first-order valence-electron chi connectivity index (χ1n) is 6.75. The van der Waals surface area contributed by atoms with E-state index in [1.165, 1.54) is 0 Å². The molecule has 1 heterocycles. The maximum absolute atomic E-state index is 6.11. The van der Waals surface area contributed by atoms with E-state index >= 15 is 0 Å². The van der Waals surface area contributed by atoms with E-state index in [0.717, 1.165) is 28.0 Å². The first-order chi connectivity index (χ1) is 10.2. The monoisotopic (exact) mass is 279 g/mol. The Kier molecular flexibility index (Phi) is 3.36. The van der Waals surface area contributed by atoms with Crippen molar-refractivity contribution in [2.24, 2.45) is 0 Å². The van der Waals surface area contributed by atoms with Crippen molar-refractivity contribution in [1.82, 2.24) is 4.98 Å². The number of nitrogens with one attached hydrogen (secondary N) is 1. The Hall–Kier alpha value is -2.75. The molecule has 0 aliphatic heterocycles.